The van der Waals surface area contributed by atoms with Crippen LogP contribution in [0.5, 0.6) is 5.75 Å². The van der Waals surface area contributed by atoms with E-state index in [0.29, 0.717) is 19.0 Å². The van der Waals surface area contributed by atoms with Gasteiger partial charge in [-0.2, -0.15) is 0 Å². The lowest BCUT2D eigenvalue weighted by atomic mass is 10.2. The van der Waals surface area contributed by atoms with Crippen LogP contribution >= 0.6 is 0 Å². The van der Waals surface area contributed by atoms with Crippen LogP contribution in [0.3, 0.4) is 0 Å². The fourth-order valence-electron chi connectivity index (χ4n) is 2.75. The number of aliphatic hydroxyl groups is 2. The molecule has 6 nitrogen and oxygen atoms in total. The quantitative estimate of drug-likeness (QED) is 0.656. The standard InChI is InChI=1S/C19H22N2O4/c1-24-16-8-6-14(7-9-16)12-25-13-15(23)10-21-18-5-3-2-4-17(18)20-19(21)11-22/h2-9,15,22-23H,10-13H2,1H3. The van der Waals surface area contributed by atoms with E-state index in [2.05, 4.69) is 4.98 Å². The highest BCUT2D eigenvalue weighted by Crippen LogP contribution is 2.17. The zero-order valence-corrected chi connectivity index (χ0v) is 14.1. The van der Waals surface area contributed by atoms with Crippen LogP contribution in [0, 0.1) is 0 Å². The molecule has 6 heteroatoms. The van der Waals surface area contributed by atoms with Gasteiger partial charge in [0.2, 0.25) is 0 Å². The fraction of sp³-hybridized carbons (Fsp3) is 0.316. The monoisotopic (exact) mass is 342 g/mol. The Hall–Kier alpha value is -2.41. The number of ether oxygens (including phenoxy) is 2. The van der Waals surface area contributed by atoms with E-state index in [-0.39, 0.29) is 13.2 Å². The summed E-state index contributed by atoms with van der Waals surface area (Å²) in [7, 11) is 1.63. The molecule has 0 aliphatic carbocycles. The Labute approximate surface area is 146 Å². The van der Waals surface area contributed by atoms with Gasteiger partial charge in [-0.1, -0.05) is 24.3 Å². The third-order valence-electron chi connectivity index (χ3n) is 4.01. The zero-order valence-electron chi connectivity index (χ0n) is 14.1. The molecule has 0 aliphatic heterocycles. The first-order chi connectivity index (χ1) is 12.2. The number of rotatable bonds is 8. The Morgan fingerprint density at radius 1 is 1.12 bits per heavy atom. The van der Waals surface area contributed by atoms with Crippen molar-refractivity contribution in [1.82, 2.24) is 9.55 Å². The van der Waals surface area contributed by atoms with Gasteiger partial charge in [0, 0.05) is 0 Å². The van der Waals surface area contributed by atoms with Crippen molar-refractivity contribution in [2.75, 3.05) is 13.7 Å². The Kier molecular flexibility index (Phi) is 5.65. The maximum Gasteiger partial charge on any atom is 0.135 e. The van der Waals surface area contributed by atoms with Gasteiger partial charge in [0.25, 0.3) is 0 Å². The Balaban J connectivity index is 1.58. The summed E-state index contributed by atoms with van der Waals surface area (Å²) in [5.74, 6) is 1.34. The largest absolute Gasteiger partial charge is 0.497 e. The van der Waals surface area contributed by atoms with Crippen molar-refractivity contribution in [2.24, 2.45) is 0 Å². The average molecular weight is 342 g/mol. The Morgan fingerprint density at radius 2 is 1.88 bits per heavy atom. The second-order valence-corrected chi connectivity index (χ2v) is 5.80. The van der Waals surface area contributed by atoms with E-state index in [9.17, 15) is 10.2 Å². The normalized spacial score (nSPS) is 12.4. The van der Waals surface area contributed by atoms with Gasteiger partial charge in [0.1, 0.15) is 18.2 Å². The lowest BCUT2D eigenvalue weighted by molar-refractivity contribution is 0.0201. The molecule has 3 rings (SSSR count). The predicted molar refractivity (Wildman–Crippen MR) is 94.3 cm³/mol. The molecule has 0 radical (unpaired) electrons. The first kappa shape index (κ1) is 17.4. The van der Waals surface area contributed by atoms with Crippen molar-refractivity contribution in [3.05, 3.63) is 59.9 Å². The van der Waals surface area contributed by atoms with Crippen LogP contribution in [0.25, 0.3) is 11.0 Å². The number of para-hydroxylation sites is 2. The molecule has 2 aromatic carbocycles. The molecule has 1 aromatic heterocycles. The van der Waals surface area contributed by atoms with Crippen LogP contribution in [-0.2, 0) is 24.5 Å². The van der Waals surface area contributed by atoms with Crippen LogP contribution in [0.15, 0.2) is 48.5 Å². The molecule has 0 aliphatic rings. The fourth-order valence-corrected chi connectivity index (χ4v) is 2.75. The number of methoxy groups -OCH3 is 1. The van der Waals surface area contributed by atoms with Crippen LogP contribution in [0.2, 0.25) is 0 Å². The smallest absolute Gasteiger partial charge is 0.135 e. The van der Waals surface area contributed by atoms with Gasteiger partial charge in [-0.15, -0.1) is 0 Å². The summed E-state index contributed by atoms with van der Waals surface area (Å²) in [4.78, 5) is 4.38. The van der Waals surface area contributed by atoms with Crippen molar-refractivity contribution < 1.29 is 19.7 Å². The maximum atomic E-state index is 10.3. The lowest BCUT2D eigenvalue weighted by Crippen LogP contribution is -2.23. The molecule has 3 aromatic rings. The summed E-state index contributed by atoms with van der Waals surface area (Å²) in [6, 6.07) is 15.2. The van der Waals surface area contributed by atoms with E-state index in [4.69, 9.17) is 9.47 Å². The first-order valence-electron chi connectivity index (χ1n) is 8.15. The van der Waals surface area contributed by atoms with Crippen molar-refractivity contribution in [1.29, 1.82) is 0 Å². The minimum absolute atomic E-state index is 0.173. The molecular formula is C19H22N2O4. The second kappa shape index (κ2) is 8.11. The molecule has 0 saturated carbocycles. The van der Waals surface area contributed by atoms with E-state index in [0.717, 1.165) is 22.3 Å². The minimum atomic E-state index is -0.693. The summed E-state index contributed by atoms with van der Waals surface area (Å²) in [5, 5.41) is 19.8. The third kappa shape index (κ3) is 4.17. The van der Waals surface area contributed by atoms with Gasteiger partial charge in [0.15, 0.2) is 0 Å². The van der Waals surface area contributed by atoms with E-state index in [1.807, 2.05) is 53.1 Å². The minimum Gasteiger partial charge on any atom is -0.497 e. The highest BCUT2D eigenvalue weighted by molar-refractivity contribution is 5.75. The summed E-state index contributed by atoms with van der Waals surface area (Å²) in [5.41, 5.74) is 2.70. The van der Waals surface area contributed by atoms with Gasteiger partial charge in [-0.05, 0) is 29.8 Å². The molecule has 0 bridgehead atoms. The summed E-state index contributed by atoms with van der Waals surface area (Å²) >= 11 is 0. The molecule has 0 spiro atoms. The zero-order chi connectivity index (χ0) is 17.6. The van der Waals surface area contributed by atoms with Crippen LogP contribution in [0.4, 0.5) is 0 Å². The topological polar surface area (TPSA) is 76.7 Å². The van der Waals surface area contributed by atoms with Crippen molar-refractivity contribution >= 4 is 11.0 Å². The van der Waals surface area contributed by atoms with Gasteiger partial charge in [0.05, 0.1) is 44.0 Å². The number of hydrogen-bond donors (Lipinski definition) is 2. The molecule has 25 heavy (non-hydrogen) atoms. The van der Waals surface area contributed by atoms with Gasteiger partial charge >= 0.3 is 0 Å². The molecule has 1 atom stereocenters. The van der Waals surface area contributed by atoms with Crippen molar-refractivity contribution in [3.63, 3.8) is 0 Å². The number of fused-ring (bicyclic) bond motifs is 1. The SMILES string of the molecule is COc1ccc(COCC(O)Cn2c(CO)nc3ccccc32)cc1. The van der Waals surface area contributed by atoms with Crippen molar-refractivity contribution in [2.45, 2.75) is 25.9 Å². The number of benzene rings is 2. The maximum absolute atomic E-state index is 10.3. The van der Waals surface area contributed by atoms with Crippen LogP contribution in [-0.4, -0.2) is 39.6 Å². The van der Waals surface area contributed by atoms with Gasteiger partial charge < -0.3 is 24.3 Å². The number of hydrogen-bond acceptors (Lipinski definition) is 5. The molecule has 0 saturated heterocycles. The Morgan fingerprint density at radius 3 is 2.60 bits per heavy atom. The van der Waals surface area contributed by atoms with Crippen LogP contribution < -0.4 is 4.74 Å². The van der Waals surface area contributed by atoms with Crippen molar-refractivity contribution in [3.8, 4) is 5.75 Å². The van der Waals surface area contributed by atoms with Crippen LogP contribution in [0.1, 0.15) is 11.4 Å². The van der Waals surface area contributed by atoms with E-state index < -0.39 is 6.10 Å². The van der Waals surface area contributed by atoms with E-state index in [1.165, 1.54) is 0 Å². The highest BCUT2D eigenvalue weighted by Gasteiger charge is 2.13. The summed E-state index contributed by atoms with van der Waals surface area (Å²) in [6.45, 7) is 0.759. The molecule has 132 valence electrons. The molecule has 1 unspecified atom stereocenters. The number of nitrogens with zero attached hydrogens (tertiary/aromatic N) is 2. The molecule has 2 N–H and O–H groups in total. The van der Waals surface area contributed by atoms with Gasteiger partial charge in [-0.3, -0.25) is 0 Å². The third-order valence-corrected chi connectivity index (χ3v) is 4.01. The molecule has 0 fully saturated rings. The highest BCUT2D eigenvalue weighted by atomic mass is 16.5. The molecule has 0 amide bonds. The number of imidazole rings is 1. The summed E-state index contributed by atoms with van der Waals surface area (Å²) < 4.78 is 12.6. The number of aliphatic hydroxyl groups excluding tert-OH is 2. The van der Waals surface area contributed by atoms with E-state index in [1.54, 1.807) is 7.11 Å². The summed E-state index contributed by atoms with van der Waals surface area (Å²) in [6.07, 6.45) is -0.693. The predicted octanol–water partition coefficient (Wildman–Crippen LogP) is 2.11. The molecule has 1 heterocycles. The molecular weight excluding hydrogens is 320 g/mol. The average Bonchev–Trinajstić information content (AvgIpc) is 3.00. The first-order valence-corrected chi connectivity index (χ1v) is 8.15. The van der Waals surface area contributed by atoms with E-state index >= 15 is 0 Å². The second-order valence-electron chi connectivity index (χ2n) is 5.80. The number of aromatic nitrogens is 2. The lowest BCUT2D eigenvalue weighted by Gasteiger charge is -2.14. The van der Waals surface area contributed by atoms with Gasteiger partial charge in [-0.25, -0.2) is 4.98 Å². The Bertz CT molecular complexity index is 814.